The van der Waals surface area contributed by atoms with E-state index >= 15 is 0 Å². The van der Waals surface area contributed by atoms with Crippen molar-refractivity contribution in [3.63, 3.8) is 0 Å². The minimum Gasteiger partial charge on any atom is -0.363 e. The Bertz CT molecular complexity index is 182. The number of ether oxygens (including phenoxy) is 1. The van der Waals surface area contributed by atoms with E-state index in [-0.39, 0.29) is 6.10 Å². The molecule has 1 aliphatic rings. The lowest BCUT2D eigenvalue weighted by molar-refractivity contribution is 0.0264. The maximum absolute atomic E-state index is 9.67. The molecule has 2 nitrogen and oxygen atoms in total. The maximum Gasteiger partial charge on any atom is 0.192 e. The van der Waals surface area contributed by atoms with Gasteiger partial charge >= 0.3 is 0 Å². The van der Waals surface area contributed by atoms with Gasteiger partial charge in [-0.25, -0.2) is 0 Å². The highest BCUT2D eigenvalue weighted by molar-refractivity contribution is 4.88. The summed E-state index contributed by atoms with van der Waals surface area (Å²) in [6.07, 6.45) is 12.8. The lowest BCUT2D eigenvalue weighted by Gasteiger charge is -2.04. The van der Waals surface area contributed by atoms with E-state index in [4.69, 9.17) is 4.74 Å². The predicted molar refractivity (Wildman–Crippen MR) is 67.3 cm³/mol. The normalized spacial score (nSPS) is 28.3. The second-order valence-corrected chi connectivity index (χ2v) is 5.18. The SMILES string of the molecule is CCCCCCCCCCCC1(O)OC1C. The van der Waals surface area contributed by atoms with Crippen LogP contribution in [0.1, 0.15) is 78.1 Å². The minimum atomic E-state index is -0.749. The van der Waals surface area contributed by atoms with Crippen molar-refractivity contribution < 1.29 is 9.84 Å². The second kappa shape index (κ2) is 7.29. The molecule has 0 aromatic rings. The van der Waals surface area contributed by atoms with Crippen molar-refractivity contribution >= 4 is 0 Å². The fraction of sp³-hybridized carbons (Fsp3) is 1.00. The highest BCUT2D eigenvalue weighted by Crippen LogP contribution is 2.37. The molecular formula is C14H28O2. The van der Waals surface area contributed by atoms with Gasteiger partial charge in [-0.3, -0.25) is 0 Å². The minimum absolute atomic E-state index is 0.0709. The first-order valence-corrected chi connectivity index (χ1v) is 7.09. The number of hydrogen-bond acceptors (Lipinski definition) is 2. The van der Waals surface area contributed by atoms with Crippen LogP contribution in [0.3, 0.4) is 0 Å². The van der Waals surface area contributed by atoms with E-state index in [1.807, 2.05) is 6.92 Å². The van der Waals surface area contributed by atoms with Crippen LogP contribution in [0.25, 0.3) is 0 Å². The van der Waals surface area contributed by atoms with Gasteiger partial charge in [0.15, 0.2) is 5.79 Å². The number of aliphatic hydroxyl groups is 1. The van der Waals surface area contributed by atoms with E-state index in [2.05, 4.69) is 6.92 Å². The highest BCUT2D eigenvalue weighted by atomic mass is 16.7. The zero-order valence-corrected chi connectivity index (χ0v) is 11.0. The van der Waals surface area contributed by atoms with Gasteiger partial charge in [0.25, 0.3) is 0 Å². The van der Waals surface area contributed by atoms with Gasteiger partial charge in [0.05, 0.1) is 0 Å². The van der Waals surface area contributed by atoms with Crippen LogP contribution in [0.15, 0.2) is 0 Å². The lowest BCUT2D eigenvalue weighted by Crippen LogP contribution is -2.11. The van der Waals surface area contributed by atoms with Gasteiger partial charge in [-0.15, -0.1) is 0 Å². The van der Waals surface area contributed by atoms with Crippen LogP contribution >= 0.6 is 0 Å². The Balaban J connectivity index is 1.75. The van der Waals surface area contributed by atoms with Gasteiger partial charge in [0.1, 0.15) is 6.10 Å². The summed E-state index contributed by atoms with van der Waals surface area (Å²) in [6.45, 7) is 4.19. The summed E-state index contributed by atoms with van der Waals surface area (Å²) >= 11 is 0. The third-order valence-corrected chi connectivity index (χ3v) is 3.60. The highest BCUT2D eigenvalue weighted by Gasteiger charge is 2.50. The molecular weight excluding hydrogens is 200 g/mol. The molecule has 2 atom stereocenters. The largest absolute Gasteiger partial charge is 0.363 e. The monoisotopic (exact) mass is 228 g/mol. The quantitative estimate of drug-likeness (QED) is 0.452. The summed E-state index contributed by atoms with van der Waals surface area (Å²) in [5.74, 6) is -0.749. The molecule has 0 amide bonds. The van der Waals surface area contributed by atoms with Crippen molar-refractivity contribution in [3.8, 4) is 0 Å². The molecule has 16 heavy (non-hydrogen) atoms. The average molecular weight is 228 g/mol. The Hall–Kier alpha value is -0.0800. The summed E-state index contributed by atoms with van der Waals surface area (Å²) in [5.41, 5.74) is 0. The number of unbranched alkanes of at least 4 members (excludes halogenated alkanes) is 8. The summed E-state index contributed by atoms with van der Waals surface area (Å²) in [5, 5.41) is 9.67. The van der Waals surface area contributed by atoms with Crippen molar-refractivity contribution in [2.75, 3.05) is 0 Å². The Morgan fingerprint density at radius 2 is 1.38 bits per heavy atom. The molecule has 2 heteroatoms. The molecule has 1 rings (SSSR count). The molecule has 0 aromatic heterocycles. The molecule has 0 aliphatic carbocycles. The molecule has 0 spiro atoms. The average Bonchev–Trinajstić information content (AvgIpc) is 2.85. The fourth-order valence-corrected chi connectivity index (χ4v) is 2.22. The first kappa shape index (κ1) is 14.0. The number of epoxide rings is 1. The zero-order valence-electron chi connectivity index (χ0n) is 11.0. The van der Waals surface area contributed by atoms with Crippen LogP contribution in [0, 0.1) is 0 Å². The third-order valence-electron chi connectivity index (χ3n) is 3.60. The standard InChI is InChI=1S/C14H28O2/c1-3-4-5-6-7-8-9-10-11-12-14(15)13(2)16-14/h13,15H,3-12H2,1-2H3. The molecule has 0 radical (unpaired) electrons. The van der Waals surface area contributed by atoms with Gasteiger partial charge in [0, 0.05) is 6.42 Å². The number of hydrogen-bond donors (Lipinski definition) is 1. The van der Waals surface area contributed by atoms with Gasteiger partial charge in [-0.2, -0.15) is 0 Å². The molecule has 1 N–H and O–H groups in total. The summed E-state index contributed by atoms with van der Waals surface area (Å²) in [6, 6.07) is 0. The number of rotatable bonds is 10. The van der Waals surface area contributed by atoms with E-state index in [1.165, 1.54) is 51.4 Å². The topological polar surface area (TPSA) is 32.8 Å². The van der Waals surface area contributed by atoms with Gasteiger partial charge in [-0.05, 0) is 13.3 Å². The van der Waals surface area contributed by atoms with E-state index in [9.17, 15) is 5.11 Å². The molecule has 96 valence electrons. The van der Waals surface area contributed by atoms with Crippen molar-refractivity contribution in [1.29, 1.82) is 0 Å². The van der Waals surface area contributed by atoms with Crippen molar-refractivity contribution in [1.82, 2.24) is 0 Å². The van der Waals surface area contributed by atoms with Crippen molar-refractivity contribution in [2.45, 2.75) is 89.9 Å². The summed E-state index contributed by atoms with van der Waals surface area (Å²) in [7, 11) is 0. The van der Waals surface area contributed by atoms with Crippen LogP contribution in [-0.2, 0) is 4.74 Å². The zero-order chi connectivity index (χ0) is 11.9. The van der Waals surface area contributed by atoms with E-state index in [1.54, 1.807) is 0 Å². The van der Waals surface area contributed by atoms with Crippen LogP contribution in [0.5, 0.6) is 0 Å². The second-order valence-electron chi connectivity index (χ2n) is 5.18. The molecule has 1 fully saturated rings. The Kier molecular flexibility index (Phi) is 6.37. The molecule has 0 bridgehead atoms. The molecule has 1 saturated heterocycles. The molecule has 0 saturated carbocycles. The van der Waals surface area contributed by atoms with Crippen molar-refractivity contribution in [2.24, 2.45) is 0 Å². The Labute approximate surface area is 100 Å². The van der Waals surface area contributed by atoms with Crippen LogP contribution < -0.4 is 0 Å². The molecule has 1 heterocycles. The Morgan fingerprint density at radius 1 is 0.938 bits per heavy atom. The van der Waals surface area contributed by atoms with Crippen LogP contribution in [0.2, 0.25) is 0 Å². The van der Waals surface area contributed by atoms with E-state index in [0.717, 1.165) is 12.8 Å². The molecule has 2 unspecified atom stereocenters. The third kappa shape index (κ3) is 5.31. The first-order chi connectivity index (χ1) is 7.69. The van der Waals surface area contributed by atoms with Gasteiger partial charge < -0.3 is 9.84 Å². The van der Waals surface area contributed by atoms with Crippen LogP contribution in [0.4, 0.5) is 0 Å². The summed E-state index contributed by atoms with van der Waals surface area (Å²) < 4.78 is 5.13. The molecule has 1 aliphatic heterocycles. The first-order valence-electron chi connectivity index (χ1n) is 7.09. The van der Waals surface area contributed by atoms with Gasteiger partial charge in [0.2, 0.25) is 0 Å². The Morgan fingerprint density at radius 3 is 1.81 bits per heavy atom. The summed E-state index contributed by atoms with van der Waals surface area (Å²) in [4.78, 5) is 0. The molecule has 0 aromatic carbocycles. The van der Waals surface area contributed by atoms with E-state index < -0.39 is 5.79 Å². The van der Waals surface area contributed by atoms with Crippen molar-refractivity contribution in [3.05, 3.63) is 0 Å². The smallest absolute Gasteiger partial charge is 0.192 e. The van der Waals surface area contributed by atoms with E-state index in [0.29, 0.717) is 0 Å². The maximum atomic E-state index is 9.67. The van der Waals surface area contributed by atoms with Gasteiger partial charge in [-0.1, -0.05) is 58.3 Å². The van der Waals surface area contributed by atoms with Crippen LogP contribution in [-0.4, -0.2) is 17.0 Å². The lowest BCUT2D eigenvalue weighted by atomic mass is 10.0. The fourth-order valence-electron chi connectivity index (χ4n) is 2.22. The predicted octanol–water partition coefficient (Wildman–Crippen LogP) is 4.01.